The largest absolute Gasteiger partial charge is 0.396 e. The minimum absolute atomic E-state index is 0.0173. The van der Waals surface area contributed by atoms with E-state index in [4.69, 9.17) is 0 Å². The first-order valence-corrected chi connectivity index (χ1v) is 10.7. The van der Waals surface area contributed by atoms with Crippen LogP contribution in [0.25, 0.3) is 11.2 Å². The molecule has 0 unspecified atom stereocenters. The molecule has 5 rings (SSSR count). The molecule has 2 aromatic rings. The van der Waals surface area contributed by atoms with Crippen LogP contribution in [0.15, 0.2) is 18.6 Å². The minimum atomic E-state index is -0.0721. The molecule has 3 aliphatic rings. The second-order valence-corrected chi connectivity index (χ2v) is 8.79. The van der Waals surface area contributed by atoms with Gasteiger partial charge >= 0.3 is 0 Å². The standard InChI is InChI=1S/C21H29N5O2/c27-13-21-6-3-8-22-18(21)12-25(9-7-21)20(28)15-10-17-19(23-11-15)26(14-24-17)16-4-1-2-5-16/h10-11,14,16,18,22,27H,1-9,12-13H2/t18-,21-/m1/s1. The van der Waals surface area contributed by atoms with E-state index in [1.807, 2.05) is 17.3 Å². The lowest BCUT2D eigenvalue weighted by Crippen LogP contribution is -2.62. The molecule has 7 heteroatoms. The van der Waals surface area contributed by atoms with Crippen molar-refractivity contribution in [3.8, 4) is 0 Å². The highest BCUT2D eigenvalue weighted by molar-refractivity contribution is 5.96. The number of rotatable bonds is 3. The van der Waals surface area contributed by atoms with Crippen LogP contribution in [-0.2, 0) is 0 Å². The predicted octanol–water partition coefficient (Wildman–Crippen LogP) is 2.12. The average molecular weight is 383 g/mol. The summed E-state index contributed by atoms with van der Waals surface area (Å²) in [5.74, 6) is 0.0173. The molecule has 0 aromatic carbocycles. The highest BCUT2D eigenvalue weighted by Gasteiger charge is 2.45. The van der Waals surface area contributed by atoms with E-state index in [2.05, 4.69) is 19.9 Å². The van der Waals surface area contributed by atoms with Crippen LogP contribution in [0.5, 0.6) is 0 Å². The number of carbonyl (C=O) groups is 1. The van der Waals surface area contributed by atoms with Gasteiger partial charge in [-0.15, -0.1) is 0 Å². The fourth-order valence-electron chi connectivity index (χ4n) is 5.46. The first kappa shape index (κ1) is 18.1. The molecule has 0 radical (unpaired) electrons. The third-order valence-corrected chi connectivity index (χ3v) is 7.24. The van der Waals surface area contributed by atoms with Gasteiger partial charge in [-0.2, -0.15) is 0 Å². The summed E-state index contributed by atoms with van der Waals surface area (Å²) in [6.45, 7) is 2.49. The van der Waals surface area contributed by atoms with Crippen molar-refractivity contribution in [3.63, 3.8) is 0 Å². The maximum Gasteiger partial charge on any atom is 0.255 e. The van der Waals surface area contributed by atoms with E-state index in [1.165, 1.54) is 25.7 Å². The van der Waals surface area contributed by atoms with Gasteiger partial charge in [0.2, 0.25) is 0 Å². The Kier molecular flexibility index (Phi) is 4.59. The number of hydrogen-bond acceptors (Lipinski definition) is 5. The summed E-state index contributed by atoms with van der Waals surface area (Å²) in [5.41, 5.74) is 2.22. The average Bonchev–Trinajstić information content (AvgIpc) is 3.41. The Morgan fingerprint density at radius 1 is 1.25 bits per heavy atom. The van der Waals surface area contributed by atoms with Crippen LogP contribution in [0.3, 0.4) is 0 Å². The van der Waals surface area contributed by atoms with E-state index in [-0.39, 0.29) is 24.0 Å². The number of piperidine rings is 2. The molecule has 0 spiro atoms. The van der Waals surface area contributed by atoms with Gasteiger partial charge < -0.3 is 19.9 Å². The molecule has 3 fully saturated rings. The van der Waals surface area contributed by atoms with E-state index in [0.29, 0.717) is 24.7 Å². The Morgan fingerprint density at radius 3 is 2.93 bits per heavy atom. The van der Waals surface area contributed by atoms with Crippen molar-refractivity contribution in [1.29, 1.82) is 0 Å². The van der Waals surface area contributed by atoms with Gasteiger partial charge in [-0.1, -0.05) is 12.8 Å². The number of aliphatic hydroxyl groups excluding tert-OH is 1. The highest BCUT2D eigenvalue weighted by atomic mass is 16.3. The zero-order valence-electron chi connectivity index (χ0n) is 16.3. The maximum absolute atomic E-state index is 13.1. The summed E-state index contributed by atoms with van der Waals surface area (Å²) >= 11 is 0. The molecular formula is C21H29N5O2. The number of amides is 1. The molecule has 1 saturated carbocycles. The zero-order valence-corrected chi connectivity index (χ0v) is 16.3. The molecule has 7 nitrogen and oxygen atoms in total. The molecule has 150 valence electrons. The van der Waals surface area contributed by atoms with E-state index >= 15 is 0 Å². The van der Waals surface area contributed by atoms with Gasteiger partial charge in [-0.3, -0.25) is 4.79 Å². The Hall–Kier alpha value is -1.99. The van der Waals surface area contributed by atoms with Gasteiger partial charge in [0.1, 0.15) is 5.52 Å². The summed E-state index contributed by atoms with van der Waals surface area (Å²) in [6, 6.07) is 2.55. The molecule has 2 saturated heterocycles. The fourth-order valence-corrected chi connectivity index (χ4v) is 5.46. The van der Waals surface area contributed by atoms with Crippen LogP contribution in [-0.4, -0.2) is 62.7 Å². The third kappa shape index (κ3) is 2.92. The second-order valence-electron chi connectivity index (χ2n) is 8.79. The van der Waals surface area contributed by atoms with Crippen molar-refractivity contribution in [2.24, 2.45) is 5.41 Å². The second kappa shape index (κ2) is 7.12. The molecule has 28 heavy (non-hydrogen) atoms. The van der Waals surface area contributed by atoms with Gasteiger partial charge in [0.05, 0.1) is 18.5 Å². The van der Waals surface area contributed by atoms with Crippen LogP contribution in [0.2, 0.25) is 0 Å². The van der Waals surface area contributed by atoms with Gasteiger partial charge in [0.15, 0.2) is 5.65 Å². The lowest BCUT2D eigenvalue weighted by atomic mass is 9.70. The Balaban J connectivity index is 1.36. The number of pyridine rings is 1. The van der Waals surface area contributed by atoms with Crippen molar-refractivity contribution in [3.05, 3.63) is 24.2 Å². The number of nitrogens with zero attached hydrogens (tertiary/aromatic N) is 4. The molecule has 1 amide bonds. The first-order chi connectivity index (χ1) is 13.7. The van der Waals surface area contributed by atoms with Gasteiger partial charge in [0, 0.05) is 36.8 Å². The zero-order chi connectivity index (χ0) is 19.1. The molecule has 2 atom stereocenters. The van der Waals surface area contributed by atoms with Crippen molar-refractivity contribution < 1.29 is 9.90 Å². The smallest absolute Gasteiger partial charge is 0.255 e. The molecule has 4 heterocycles. The predicted molar refractivity (Wildman–Crippen MR) is 106 cm³/mol. The lowest BCUT2D eigenvalue weighted by Gasteiger charge is -2.50. The number of likely N-dealkylation sites (tertiary alicyclic amines) is 1. The maximum atomic E-state index is 13.1. The summed E-state index contributed by atoms with van der Waals surface area (Å²) in [4.78, 5) is 24.2. The Labute approximate surface area is 165 Å². The number of nitrogens with one attached hydrogen (secondary N) is 1. The Morgan fingerprint density at radius 2 is 2.11 bits per heavy atom. The lowest BCUT2D eigenvalue weighted by molar-refractivity contribution is -0.00882. The normalized spacial score (nSPS) is 28.6. The molecule has 0 bridgehead atoms. The topological polar surface area (TPSA) is 83.3 Å². The van der Waals surface area contributed by atoms with Crippen LogP contribution in [0.4, 0.5) is 0 Å². The summed E-state index contributed by atoms with van der Waals surface area (Å²) < 4.78 is 2.18. The molecule has 1 aliphatic carbocycles. The number of aromatic nitrogens is 3. The van der Waals surface area contributed by atoms with Crippen LogP contribution in [0, 0.1) is 5.41 Å². The summed E-state index contributed by atoms with van der Waals surface area (Å²) in [6.07, 6.45) is 11.5. The molecular weight excluding hydrogens is 354 g/mol. The van der Waals surface area contributed by atoms with E-state index in [1.54, 1.807) is 6.20 Å². The van der Waals surface area contributed by atoms with Crippen molar-refractivity contribution in [1.82, 2.24) is 24.8 Å². The SMILES string of the molecule is O=C(c1cnc2c(c1)ncn2C1CCCC1)N1CC[C@@]2(CO)CCCN[C@@H]2C1. The number of carbonyl (C=O) groups excluding carboxylic acids is 1. The quantitative estimate of drug-likeness (QED) is 0.848. The fraction of sp³-hybridized carbons (Fsp3) is 0.667. The molecule has 2 aromatic heterocycles. The Bertz CT molecular complexity index is 875. The summed E-state index contributed by atoms with van der Waals surface area (Å²) in [7, 11) is 0. The minimum Gasteiger partial charge on any atom is -0.396 e. The van der Waals surface area contributed by atoms with E-state index < -0.39 is 0 Å². The van der Waals surface area contributed by atoms with Crippen molar-refractivity contribution in [2.45, 2.75) is 57.0 Å². The van der Waals surface area contributed by atoms with Crippen molar-refractivity contribution in [2.75, 3.05) is 26.2 Å². The van der Waals surface area contributed by atoms with Gasteiger partial charge in [-0.25, -0.2) is 9.97 Å². The number of hydrogen-bond donors (Lipinski definition) is 2. The van der Waals surface area contributed by atoms with E-state index in [0.717, 1.165) is 37.0 Å². The molecule has 2 aliphatic heterocycles. The van der Waals surface area contributed by atoms with Gasteiger partial charge in [-0.05, 0) is 44.7 Å². The summed E-state index contributed by atoms with van der Waals surface area (Å²) in [5, 5.41) is 13.5. The van der Waals surface area contributed by atoms with Crippen LogP contribution in [0.1, 0.15) is 61.3 Å². The number of fused-ring (bicyclic) bond motifs is 2. The van der Waals surface area contributed by atoms with Crippen molar-refractivity contribution >= 4 is 17.1 Å². The number of aliphatic hydroxyl groups is 1. The van der Waals surface area contributed by atoms with Crippen LogP contribution < -0.4 is 5.32 Å². The first-order valence-electron chi connectivity index (χ1n) is 10.7. The van der Waals surface area contributed by atoms with Gasteiger partial charge in [0.25, 0.3) is 5.91 Å². The third-order valence-electron chi connectivity index (χ3n) is 7.24. The highest BCUT2D eigenvalue weighted by Crippen LogP contribution is 2.38. The number of imidazole rings is 1. The van der Waals surface area contributed by atoms with Crippen LogP contribution >= 0.6 is 0 Å². The monoisotopic (exact) mass is 383 g/mol. The van der Waals surface area contributed by atoms with E-state index in [9.17, 15) is 9.90 Å². The molecule has 2 N–H and O–H groups in total.